The van der Waals surface area contributed by atoms with E-state index in [1.807, 2.05) is 50.2 Å². The number of para-hydroxylation sites is 1. The van der Waals surface area contributed by atoms with E-state index in [4.69, 9.17) is 9.47 Å². The first-order valence-corrected chi connectivity index (χ1v) is 15.4. The van der Waals surface area contributed by atoms with Crippen LogP contribution in [0.15, 0.2) is 72.8 Å². The van der Waals surface area contributed by atoms with Crippen LogP contribution in [-0.2, 0) is 35.1 Å². The van der Waals surface area contributed by atoms with Gasteiger partial charge in [-0.3, -0.25) is 19.2 Å². The summed E-state index contributed by atoms with van der Waals surface area (Å²) in [5, 5.41) is 11.3. The van der Waals surface area contributed by atoms with E-state index in [9.17, 15) is 24.0 Å². The van der Waals surface area contributed by atoms with E-state index >= 15 is 0 Å². The van der Waals surface area contributed by atoms with E-state index in [1.54, 1.807) is 31.2 Å². The van der Waals surface area contributed by atoms with Crippen LogP contribution in [0.4, 0.5) is 0 Å². The highest BCUT2D eigenvalue weighted by Gasteiger charge is 2.31. The lowest BCUT2D eigenvalue weighted by molar-refractivity contribution is -0.137. The van der Waals surface area contributed by atoms with Crippen LogP contribution in [0.2, 0.25) is 0 Å². The zero-order valence-electron chi connectivity index (χ0n) is 26.1. The maximum atomic E-state index is 13.8. The first kappa shape index (κ1) is 34.8. The molecular weight excluding hydrogens is 576 g/mol. The zero-order valence-corrected chi connectivity index (χ0v) is 26.1. The molecule has 1 fully saturated rings. The van der Waals surface area contributed by atoms with Gasteiger partial charge in [-0.2, -0.15) is 0 Å². The number of carbonyl (C=O) groups excluding carboxylic acids is 5. The molecule has 4 amide bonds. The number of esters is 1. The smallest absolute Gasteiger partial charge is 0.330 e. The number of rotatable bonds is 17. The Morgan fingerprint density at radius 2 is 1.60 bits per heavy atom. The minimum Gasteiger partial charge on any atom is -0.484 e. The topological polar surface area (TPSA) is 152 Å². The fourth-order valence-electron chi connectivity index (χ4n) is 4.97. The summed E-state index contributed by atoms with van der Waals surface area (Å²) in [6.07, 6.45) is 4.13. The number of benzene rings is 2. The molecule has 0 saturated carbocycles. The predicted molar refractivity (Wildman–Crippen MR) is 169 cm³/mol. The third-order valence-electron chi connectivity index (χ3n) is 7.17. The van der Waals surface area contributed by atoms with Crippen molar-refractivity contribution in [2.75, 3.05) is 19.8 Å². The van der Waals surface area contributed by atoms with Crippen molar-refractivity contribution in [3.05, 3.63) is 78.4 Å². The van der Waals surface area contributed by atoms with Crippen LogP contribution in [0.3, 0.4) is 0 Å². The molecule has 1 saturated heterocycles. The summed E-state index contributed by atoms with van der Waals surface area (Å²) >= 11 is 0. The van der Waals surface area contributed by atoms with Gasteiger partial charge in [-0.05, 0) is 49.8 Å². The van der Waals surface area contributed by atoms with E-state index in [0.29, 0.717) is 25.1 Å². The molecule has 45 heavy (non-hydrogen) atoms. The second-order valence-electron chi connectivity index (χ2n) is 11.3. The molecular formula is C34H44N4O7. The summed E-state index contributed by atoms with van der Waals surface area (Å²) < 4.78 is 10.5. The Labute approximate surface area is 264 Å². The lowest BCUT2D eigenvalue weighted by atomic mass is 9.97. The van der Waals surface area contributed by atoms with E-state index in [2.05, 4.69) is 21.3 Å². The van der Waals surface area contributed by atoms with Crippen molar-refractivity contribution in [2.24, 2.45) is 11.8 Å². The summed E-state index contributed by atoms with van der Waals surface area (Å²) in [6, 6.07) is 15.5. The van der Waals surface area contributed by atoms with Gasteiger partial charge in [0.2, 0.25) is 17.7 Å². The van der Waals surface area contributed by atoms with Crippen molar-refractivity contribution < 1.29 is 33.4 Å². The monoisotopic (exact) mass is 620 g/mol. The van der Waals surface area contributed by atoms with Gasteiger partial charge in [0.1, 0.15) is 17.8 Å². The van der Waals surface area contributed by atoms with Crippen molar-refractivity contribution in [1.29, 1.82) is 0 Å². The minimum absolute atomic E-state index is 0.0624. The molecule has 11 heteroatoms. The van der Waals surface area contributed by atoms with Crippen LogP contribution in [-0.4, -0.2) is 67.5 Å². The van der Waals surface area contributed by atoms with E-state index in [1.165, 1.54) is 12.2 Å². The first-order chi connectivity index (χ1) is 21.6. The van der Waals surface area contributed by atoms with Gasteiger partial charge in [0.25, 0.3) is 5.91 Å². The van der Waals surface area contributed by atoms with Crippen LogP contribution >= 0.6 is 0 Å². The van der Waals surface area contributed by atoms with Gasteiger partial charge in [0.15, 0.2) is 6.61 Å². The predicted octanol–water partition coefficient (Wildman–Crippen LogP) is 2.45. The van der Waals surface area contributed by atoms with Gasteiger partial charge in [0, 0.05) is 31.0 Å². The summed E-state index contributed by atoms with van der Waals surface area (Å²) in [5.41, 5.74) is 0.812. The summed E-state index contributed by atoms with van der Waals surface area (Å²) in [7, 11) is 0. The molecule has 1 aliphatic rings. The summed E-state index contributed by atoms with van der Waals surface area (Å²) in [5.74, 6) is -1.91. The largest absolute Gasteiger partial charge is 0.484 e. The highest BCUT2D eigenvalue weighted by molar-refractivity contribution is 5.92. The quantitative estimate of drug-likeness (QED) is 0.157. The Morgan fingerprint density at radius 3 is 2.22 bits per heavy atom. The molecule has 0 bridgehead atoms. The summed E-state index contributed by atoms with van der Waals surface area (Å²) in [6.45, 7) is 6.02. The van der Waals surface area contributed by atoms with Crippen LogP contribution in [0, 0.1) is 11.8 Å². The summed E-state index contributed by atoms with van der Waals surface area (Å²) in [4.78, 5) is 64.5. The van der Waals surface area contributed by atoms with E-state index < -0.39 is 41.8 Å². The van der Waals surface area contributed by atoms with E-state index in [0.717, 1.165) is 5.56 Å². The van der Waals surface area contributed by atoms with Crippen molar-refractivity contribution in [1.82, 2.24) is 21.3 Å². The van der Waals surface area contributed by atoms with Crippen molar-refractivity contribution in [3.8, 4) is 5.75 Å². The molecule has 2 aromatic rings. The lowest BCUT2D eigenvalue weighted by Gasteiger charge is -2.26. The molecule has 0 radical (unpaired) electrons. The number of nitrogens with one attached hydrogen (secondary N) is 4. The van der Waals surface area contributed by atoms with Crippen LogP contribution in [0.25, 0.3) is 0 Å². The van der Waals surface area contributed by atoms with Crippen molar-refractivity contribution >= 4 is 29.6 Å². The van der Waals surface area contributed by atoms with Crippen molar-refractivity contribution in [3.63, 3.8) is 0 Å². The number of carbonyl (C=O) groups is 5. The molecule has 1 heterocycles. The van der Waals surface area contributed by atoms with Crippen LogP contribution in [0.1, 0.15) is 45.6 Å². The number of hydrogen-bond acceptors (Lipinski definition) is 7. The first-order valence-electron chi connectivity index (χ1n) is 15.4. The fraction of sp³-hybridized carbons (Fsp3) is 0.441. The lowest BCUT2D eigenvalue weighted by Crippen LogP contribution is -2.56. The molecule has 1 aliphatic heterocycles. The van der Waals surface area contributed by atoms with Crippen molar-refractivity contribution in [2.45, 2.75) is 64.6 Å². The Kier molecular flexibility index (Phi) is 14.1. The van der Waals surface area contributed by atoms with Gasteiger partial charge in [-0.25, -0.2) is 4.79 Å². The van der Waals surface area contributed by atoms with Gasteiger partial charge >= 0.3 is 5.97 Å². The molecule has 0 aliphatic carbocycles. The second-order valence-corrected chi connectivity index (χ2v) is 11.3. The normalized spacial score (nSPS) is 16.4. The molecule has 0 aromatic heterocycles. The molecule has 0 spiro atoms. The van der Waals surface area contributed by atoms with Gasteiger partial charge < -0.3 is 30.7 Å². The molecule has 11 nitrogen and oxygen atoms in total. The fourth-order valence-corrected chi connectivity index (χ4v) is 4.97. The Balaban J connectivity index is 1.76. The third kappa shape index (κ3) is 12.5. The second kappa shape index (κ2) is 18.2. The SMILES string of the molecule is CCOC(=O)/C=C/C(CC1CCNC1=O)NC(=O)C(Cc1ccccc1)NC(=O)C(CC(C)C)NC(=O)COc1ccccc1. The highest BCUT2D eigenvalue weighted by atomic mass is 16.5. The van der Waals surface area contributed by atoms with Gasteiger partial charge in [-0.1, -0.05) is 68.5 Å². The zero-order chi connectivity index (χ0) is 32.6. The Bertz CT molecular complexity index is 1300. The van der Waals surface area contributed by atoms with Crippen LogP contribution in [0.5, 0.6) is 5.75 Å². The molecule has 242 valence electrons. The standard InChI is InChI=1S/C34H44N4O7/c1-4-44-31(40)16-15-26(21-25-17-18-35-32(25)41)36-33(42)29(20-24-11-7-5-8-12-24)38-34(43)28(19-23(2)3)37-30(39)22-45-27-13-9-6-10-14-27/h5-16,23,25-26,28-29H,4,17-22H2,1-3H3,(H,35,41)(H,36,42)(H,37,39)(H,38,43)/b16-15+. The molecule has 4 N–H and O–H groups in total. The van der Waals surface area contributed by atoms with Crippen LogP contribution < -0.4 is 26.0 Å². The average Bonchev–Trinajstić information content (AvgIpc) is 3.42. The maximum absolute atomic E-state index is 13.8. The number of amides is 4. The average molecular weight is 621 g/mol. The maximum Gasteiger partial charge on any atom is 0.330 e. The van der Waals surface area contributed by atoms with Gasteiger partial charge in [-0.15, -0.1) is 0 Å². The van der Waals surface area contributed by atoms with Gasteiger partial charge in [0.05, 0.1) is 6.61 Å². The molecule has 4 unspecified atom stereocenters. The Hall–Kier alpha value is -4.67. The minimum atomic E-state index is -1.01. The highest BCUT2D eigenvalue weighted by Crippen LogP contribution is 2.17. The number of hydrogen-bond donors (Lipinski definition) is 4. The molecule has 2 aromatic carbocycles. The Morgan fingerprint density at radius 1 is 0.933 bits per heavy atom. The molecule has 4 atom stereocenters. The van der Waals surface area contributed by atoms with E-state index in [-0.39, 0.29) is 43.8 Å². The number of ether oxygens (including phenoxy) is 2. The third-order valence-corrected chi connectivity index (χ3v) is 7.17. The molecule has 3 rings (SSSR count).